The third-order valence-electron chi connectivity index (χ3n) is 1.85. The zero-order chi connectivity index (χ0) is 10.4. The van der Waals surface area contributed by atoms with E-state index in [1.807, 2.05) is 20.3 Å². The number of hydrogen-bond donors (Lipinski definition) is 0. The van der Waals surface area contributed by atoms with Gasteiger partial charge in [0, 0.05) is 0 Å². The Hall–Kier alpha value is 0. The Morgan fingerprint density at radius 2 is 1.23 bits per heavy atom. The molecule has 0 fully saturated rings. The van der Waals surface area contributed by atoms with Crippen LogP contribution in [0, 0.1) is 13.3 Å². The lowest BCUT2D eigenvalue weighted by Crippen LogP contribution is -1.77. The van der Waals surface area contributed by atoms with Crippen LogP contribution in [-0.2, 0) is 0 Å². The van der Waals surface area contributed by atoms with Gasteiger partial charge in [0.25, 0.3) is 0 Å². The van der Waals surface area contributed by atoms with Crippen LogP contribution < -0.4 is 0 Å². The number of hydrogen-bond acceptors (Lipinski definition) is 0. The molecule has 13 heavy (non-hydrogen) atoms. The van der Waals surface area contributed by atoms with E-state index >= 15 is 0 Å². The summed E-state index contributed by atoms with van der Waals surface area (Å²) in [5, 5.41) is 0. The molecule has 0 bridgehead atoms. The third-order valence-corrected chi connectivity index (χ3v) is 1.85. The molecule has 0 atom stereocenters. The van der Waals surface area contributed by atoms with E-state index in [0.29, 0.717) is 0 Å². The highest BCUT2D eigenvalue weighted by Gasteiger charge is 1.87. The van der Waals surface area contributed by atoms with Crippen LogP contribution >= 0.6 is 0 Å². The first-order valence-corrected chi connectivity index (χ1v) is 5.86. The quantitative estimate of drug-likeness (QED) is 0.477. The second-order valence-corrected chi connectivity index (χ2v) is 3.55. The lowest BCUT2D eigenvalue weighted by Gasteiger charge is -1.97. The van der Waals surface area contributed by atoms with Crippen LogP contribution in [0.1, 0.15) is 72.1 Å². The molecular weight excluding hydrogens is 156 g/mol. The van der Waals surface area contributed by atoms with Crippen LogP contribution in [0.15, 0.2) is 0 Å². The Labute approximate surface area is 86.1 Å². The minimum atomic E-state index is 1.12. The topological polar surface area (TPSA) is 0 Å². The fraction of sp³-hybridized carbons (Fsp3) is 0.846. The van der Waals surface area contributed by atoms with Crippen LogP contribution in [0.25, 0.3) is 0 Å². The van der Waals surface area contributed by atoms with Gasteiger partial charge in [-0.15, -0.1) is 0 Å². The summed E-state index contributed by atoms with van der Waals surface area (Å²) in [4.78, 5) is 0. The van der Waals surface area contributed by atoms with E-state index in [1.165, 1.54) is 44.9 Å². The summed E-state index contributed by atoms with van der Waals surface area (Å²) in [7, 11) is 0. The third kappa shape index (κ3) is 24.5. The van der Waals surface area contributed by atoms with Gasteiger partial charge >= 0.3 is 0 Å². The van der Waals surface area contributed by atoms with Gasteiger partial charge < -0.3 is 0 Å². The van der Waals surface area contributed by atoms with Crippen molar-refractivity contribution in [2.24, 2.45) is 0 Å². The molecule has 0 aliphatic heterocycles. The molecule has 2 radical (unpaired) electrons. The maximum atomic E-state index is 3.82. The largest absolute Gasteiger partial charge is 0.0654 e. The van der Waals surface area contributed by atoms with Gasteiger partial charge in [0.2, 0.25) is 0 Å². The van der Waals surface area contributed by atoms with Crippen molar-refractivity contribution in [3.05, 3.63) is 13.3 Å². The maximum absolute atomic E-state index is 3.82. The van der Waals surface area contributed by atoms with Crippen LogP contribution in [0.4, 0.5) is 0 Å². The van der Waals surface area contributed by atoms with Gasteiger partial charge in [0.15, 0.2) is 0 Å². The van der Waals surface area contributed by atoms with Crippen molar-refractivity contribution in [1.29, 1.82) is 0 Å². The van der Waals surface area contributed by atoms with Crippen LogP contribution in [-0.4, -0.2) is 0 Å². The van der Waals surface area contributed by atoms with Gasteiger partial charge in [-0.1, -0.05) is 79.1 Å². The molecule has 0 rings (SSSR count). The van der Waals surface area contributed by atoms with Gasteiger partial charge in [-0.25, -0.2) is 0 Å². The molecule has 0 saturated heterocycles. The van der Waals surface area contributed by atoms with E-state index < -0.39 is 0 Å². The van der Waals surface area contributed by atoms with Gasteiger partial charge in [-0.05, 0) is 6.42 Å². The van der Waals surface area contributed by atoms with Crippen molar-refractivity contribution in [2.75, 3.05) is 0 Å². The fourth-order valence-electron chi connectivity index (χ4n) is 1.13. The Kier molecular flexibility index (Phi) is 21.3. The van der Waals surface area contributed by atoms with Gasteiger partial charge in [-0.3, -0.25) is 0 Å². The van der Waals surface area contributed by atoms with Gasteiger partial charge in [0.1, 0.15) is 0 Å². The molecule has 0 unspecified atom stereocenters. The molecule has 0 saturated carbocycles. The number of unbranched alkanes of at least 4 members (excludes halogenated alkanes) is 7. The molecule has 0 aromatic carbocycles. The molecule has 0 N–H and O–H groups in total. The van der Waals surface area contributed by atoms with Crippen molar-refractivity contribution in [3.8, 4) is 0 Å². The summed E-state index contributed by atoms with van der Waals surface area (Å²) < 4.78 is 0. The van der Waals surface area contributed by atoms with E-state index in [4.69, 9.17) is 0 Å². The van der Waals surface area contributed by atoms with Crippen LogP contribution in [0.5, 0.6) is 0 Å². The molecular formula is C13H28. The van der Waals surface area contributed by atoms with E-state index in [0.717, 1.165) is 6.42 Å². The molecule has 0 aromatic rings. The van der Waals surface area contributed by atoms with Crippen LogP contribution in [0.2, 0.25) is 0 Å². The predicted molar refractivity (Wildman–Crippen MR) is 63.6 cm³/mol. The zero-order valence-electron chi connectivity index (χ0n) is 9.94. The summed E-state index contributed by atoms with van der Waals surface area (Å²) in [5.41, 5.74) is 0. The Morgan fingerprint density at radius 1 is 0.846 bits per heavy atom. The normalized spacial score (nSPS) is 9.23. The van der Waals surface area contributed by atoms with E-state index in [-0.39, 0.29) is 0 Å². The van der Waals surface area contributed by atoms with E-state index in [2.05, 4.69) is 13.8 Å². The first kappa shape index (κ1) is 15.5. The fourth-order valence-corrected chi connectivity index (χ4v) is 1.13. The predicted octanol–water partition coefficient (Wildman–Crippen LogP) is 5.19. The first-order chi connectivity index (χ1) is 6.33. The summed E-state index contributed by atoms with van der Waals surface area (Å²) in [6.45, 7) is 10.1. The highest BCUT2D eigenvalue weighted by molar-refractivity contribution is 4.45. The molecule has 0 amide bonds. The summed E-state index contributed by atoms with van der Waals surface area (Å²) in [5.74, 6) is 0. The lowest BCUT2D eigenvalue weighted by atomic mass is 10.1. The minimum Gasteiger partial charge on any atom is -0.0654 e. The first-order valence-electron chi connectivity index (χ1n) is 5.86. The van der Waals surface area contributed by atoms with Crippen molar-refractivity contribution in [2.45, 2.75) is 72.1 Å². The molecule has 0 heteroatoms. The van der Waals surface area contributed by atoms with Gasteiger partial charge in [-0.2, -0.15) is 0 Å². The van der Waals surface area contributed by atoms with E-state index in [1.54, 1.807) is 0 Å². The summed E-state index contributed by atoms with van der Waals surface area (Å²) >= 11 is 0. The molecule has 0 heterocycles. The summed E-state index contributed by atoms with van der Waals surface area (Å²) in [6.07, 6.45) is 12.9. The molecule has 0 aliphatic rings. The second kappa shape index (κ2) is 17.9. The average molecular weight is 184 g/mol. The Balaban J connectivity index is 0. The van der Waals surface area contributed by atoms with Crippen molar-refractivity contribution in [1.82, 2.24) is 0 Å². The standard InChI is InChI=1S/C10H21.C3H7/c1-3-5-7-9-10-8-6-4-2;1-3-2/h1,3-10H2,2H3;3H,1-2H3. The smallest absolute Gasteiger partial charge is 0.0448 e. The van der Waals surface area contributed by atoms with E-state index in [9.17, 15) is 0 Å². The molecule has 80 valence electrons. The second-order valence-electron chi connectivity index (χ2n) is 3.55. The van der Waals surface area contributed by atoms with Crippen molar-refractivity contribution >= 4 is 0 Å². The zero-order valence-corrected chi connectivity index (χ0v) is 9.94. The Bertz CT molecular complexity index is 49.1. The molecule has 0 aliphatic carbocycles. The van der Waals surface area contributed by atoms with Gasteiger partial charge in [0.05, 0.1) is 0 Å². The molecule has 0 nitrogen and oxygen atoms in total. The summed E-state index contributed by atoms with van der Waals surface area (Å²) in [6, 6.07) is 0. The van der Waals surface area contributed by atoms with Crippen LogP contribution in [0.3, 0.4) is 0 Å². The van der Waals surface area contributed by atoms with Crippen molar-refractivity contribution < 1.29 is 0 Å². The highest BCUT2D eigenvalue weighted by atomic mass is 13.9. The SMILES string of the molecule is C[CH]C.[CH2]CCCCCCCCC. The monoisotopic (exact) mass is 184 g/mol. The minimum absolute atomic E-state index is 1.12. The average Bonchev–Trinajstić information content (AvgIpc) is 2.13. The molecule has 0 spiro atoms. The van der Waals surface area contributed by atoms with Crippen molar-refractivity contribution in [3.63, 3.8) is 0 Å². The maximum Gasteiger partial charge on any atom is -0.0448 e. The molecule has 0 aromatic heterocycles. The Morgan fingerprint density at radius 3 is 1.62 bits per heavy atom. The number of rotatable bonds is 7. The highest BCUT2D eigenvalue weighted by Crippen LogP contribution is 2.07. The lowest BCUT2D eigenvalue weighted by molar-refractivity contribution is 0.592.